The second kappa shape index (κ2) is 5.71. The summed E-state index contributed by atoms with van der Waals surface area (Å²) in [4.78, 5) is 25.5. The van der Waals surface area contributed by atoms with E-state index >= 15 is 0 Å². The van der Waals surface area contributed by atoms with Crippen molar-refractivity contribution in [2.45, 2.75) is 32.1 Å². The summed E-state index contributed by atoms with van der Waals surface area (Å²) in [5.41, 5.74) is 0.131. The largest absolute Gasteiger partial charge is 0.481 e. The molecule has 1 aromatic rings. The predicted molar refractivity (Wildman–Crippen MR) is 78.7 cm³/mol. The number of carbonyl (C=O) groups is 2. The third-order valence-corrected chi connectivity index (χ3v) is 4.93. The molecule has 0 unspecified atom stereocenters. The summed E-state index contributed by atoms with van der Waals surface area (Å²) < 4.78 is 13.8. The third kappa shape index (κ3) is 2.85. The van der Waals surface area contributed by atoms with Crippen LogP contribution in [0.3, 0.4) is 0 Å². The van der Waals surface area contributed by atoms with E-state index in [1.807, 2.05) is 0 Å². The van der Waals surface area contributed by atoms with Gasteiger partial charge >= 0.3 is 5.97 Å². The standard InChI is InChI=1S/C17H20FNO3/c18-14-4-2-1-3-13(14)11-17(7-8-17)16(22)19-9-5-12(6-10-19)15(20)21/h1-4,12H,5-11H2,(H,20,21). The number of benzene rings is 1. The maximum absolute atomic E-state index is 13.8. The molecule has 0 atom stereocenters. The van der Waals surface area contributed by atoms with Crippen LogP contribution in [-0.2, 0) is 16.0 Å². The van der Waals surface area contributed by atoms with Crippen molar-refractivity contribution in [1.82, 2.24) is 4.90 Å². The molecule has 1 amide bonds. The third-order valence-electron chi connectivity index (χ3n) is 4.93. The van der Waals surface area contributed by atoms with Crippen molar-refractivity contribution in [2.24, 2.45) is 11.3 Å². The molecule has 4 nitrogen and oxygen atoms in total. The molecule has 118 valence electrons. The first-order valence-electron chi connectivity index (χ1n) is 7.77. The van der Waals surface area contributed by atoms with Crippen LogP contribution in [0, 0.1) is 17.2 Å². The van der Waals surface area contributed by atoms with Crippen molar-refractivity contribution >= 4 is 11.9 Å². The van der Waals surface area contributed by atoms with Crippen LogP contribution in [0.2, 0.25) is 0 Å². The Morgan fingerprint density at radius 2 is 1.86 bits per heavy atom. The molecule has 1 heterocycles. The van der Waals surface area contributed by atoms with Crippen LogP contribution >= 0.6 is 0 Å². The number of carbonyl (C=O) groups excluding carboxylic acids is 1. The molecule has 2 fully saturated rings. The molecule has 1 saturated heterocycles. The minimum Gasteiger partial charge on any atom is -0.481 e. The molecule has 0 aromatic heterocycles. The van der Waals surface area contributed by atoms with Crippen LogP contribution in [0.1, 0.15) is 31.2 Å². The average Bonchev–Trinajstić information content (AvgIpc) is 3.30. The Morgan fingerprint density at radius 1 is 1.23 bits per heavy atom. The van der Waals surface area contributed by atoms with Gasteiger partial charge in [0.25, 0.3) is 0 Å². The summed E-state index contributed by atoms with van der Waals surface area (Å²) >= 11 is 0. The van der Waals surface area contributed by atoms with E-state index in [0.29, 0.717) is 37.9 Å². The minimum atomic E-state index is -0.778. The topological polar surface area (TPSA) is 57.6 Å². The highest BCUT2D eigenvalue weighted by atomic mass is 19.1. The summed E-state index contributed by atoms with van der Waals surface area (Å²) in [6, 6.07) is 6.60. The highest BCUT2D eigenvalue weighted by molar-refractivity contribution is 5.86. The molecule has 3 rings (SSSR count). The molecule has 1 saturated carbocycles. The maximum atomic E-state index is 13.8. The van der Waals surface area contributed by atoms with E-state index < -0.39 is 11.4 Å². The van der Waals surface area contributed by atoms with Crippen LogP contribution in [0.4, 0.5) is 4.39 Å². The maximum Gasteiger partial charge on any atom is 0.306 e. The summed E-state index contributed by atoms with van der Waals surface area (Å²) in [7, 11) is 0. The van der Waals surface area contributed by atoms with Crippen molar-refractivity contribution in [2.75, 3.05) is 13.1 Å². The SMILES string of the molecule is O=C(O)C1CCN(C(=O)C2(Cc3ccccc3F)CC2)CC1. The van der Waals surface area contributed by atoms with Gasteiger partial charge in [0.1, 0.15) is 5.82 Å². The number of hydrogen-bond donors (Lipinski definition) is 1. The molecule has 0 radical (unpaired) electrons. The van der Waals surface area contributed by atoms with Gasteiger partial charge in [0.05, 0.1) is 11.3 Å². The summed E-state index contributed by atoms with van der Waals surface area (Å²) in [5.74, 6) is -1.31. The van der Waals surface area contributed by atoms with Crippen molar-refractivity contribution in [1.29, 1.82) is 0 Å². The first-order valence-corrected chi connectivity index (χ1v) is 7.77. The molecule has 1 N–H and O–H groups in total. The lowest BCUT2D eigenvalue weighted by atomic mass is 9.91. The van der Waals surface area contributed by atoms with Gasteiger partial charge in [0, 0.05) is 13.1 Å². The molecule has 2 aliphatic rings. The number of carboxylic acid groups (broad SMARTS) is 1. The summed E-state index contributed by atoms with van der Waals surface area (Å²) in [5, 5.41) is 9.02. The number of piperidine rings is 1. The van der Waals surface area contributed by atoms with Gasteiger partial charge in [-0.3, -0.25) is 9.59 Å². The quantitative estimate of drug-likeness (QED) is 0.929. The molecular weight excluding hydrogens is 285 g/mol. The second-order valence-corrected chi connectivity index (χ2v) is 6.45. The molecule has 1 aromatic carbocycles. The number of aliphatic carboxylic acids is 1. The van der Waals surface area contributed by atoms with Gasteiger partial charge < -0.3 is 10.0 Å². The van der Waals surface area contributed by atoms with Crippen LogP contribution in [-0.4, -0.2) is 35.0 Å². The van der Waals surface area contributed by atoms with E-state index in [4.69, 9.17) is 5.11 Å². The van der Waals surface area contributed by atoms with E-state index in [-0.39, 0.29) is 17.6 Å². The lowest BCUT2D eigenvalue weighted by Gasteiger charge is -2.33. The molecule has 1 aliphatic carbocycles. The minimum absolute atomic E-state index is 0.0691. The van der Waals surface area contributed by atoms with E-state index in [9.17, 15) is 14.0 Å². The number of rotatable bonds is 4. The fourth-order valence-corrected chi connectivity index (χ4v) is 3.29. The number of nitrogens with zero attached hydrogens (tertiary/aromatic N) is 1. The van der Waals surface area contributed by atoms with Crippen LogP contribution in [0.25, 0.3) is 0 Å². The van der Waals surface area contributed by atoms with Crippen molar-refractivity contribution < 1.29 is 19.1 Å². The lowest BCUT2D eigenvalue weighted by Crippen LogP contribution is -2.44. The Morgan fingerprint density at radius 3 is 2.41 bits per heavy atom. The van der Waals surface area contributed by atoms with Crippen LogP contribution in [0.15, 0.2) is 24.3 Å². The smallest absolute Gasteiger partial charge is 0.306 e. The fourth-order valence-electron chi connectivity index (χ4n) is 3.29. The summed E-state index contributed by atoms with van der Waals surface area (Å²) in [6.45, 7) is 0.990. The zero-order valence-electron chi connectivity index (χ0n) is 12.4. The Balaban J connectivity index is 1.65. The van der Waals surface area contributed by atoms with Gasteiger partial charge in [0.2, 0.25) is 5.91 Å². The first-order chi connectivity index (χ1) is 10.5. The van der Waals surface area contributed by atoms with E-state index in [1.54, 1.807) is 23.1 Å². The monoisotopic (exact) mass is 305 g/mol. The van der Waals surface area contributed by atoms with E-state index in [0.717, 1.165) is 12.8 Å². The number of halogens is 1. The van der Waals surface area contributed by atoms with Gasteiger partial charge in [-0.25, -0.2) is 4.39 Å². The lowest BCUT2D eigenvalue weighted by molar-refractivity contribution is -0.147. The van der Waals surface area contributed by atoms with Gasteiger partial charge in [-0.2, -0.15) is 0 Å². The zero-order chi connectivity index (χ0) is 15.7. The number of likely N-dealkylation sites (tertiary alicyclic amines) is 1. The van der Waals surface area contributed by atoms with Crippen molar-refractivity contribution in [3.8, 4) is 0 Å². The number of hydrogen-bond acceptors (Lipinski definition) is 2. The molecule has 5 heteroatoms. The fraction of sp³-hybridized carbons (Fsp3) is 0.529. The molecule has 1 aliphatic heterocycles. The van der Waals surface area contributed by atoms with Crippen molar-refractivity contribution in [3.63, 3.8) is 0 Å². The van der Waals surface area contributed by atoms with E-state index in [1.165, 1.54) is 6.07 Å². The Labute approximate surface area is 128 Å². The molecule has 0 spiro atoms. The van der Waals surface area contributed by atoms with Gasteiger partial charge in [-0.1, -0.05) is 18.2 Å². The highest BCUT2D eigenvalue weighted by Gasteiger charge is 2.52. The number of amides is 1. The van der Waals surface area contributed by atoms with Crippen LogP contribution < -0.4 is 0 Å². The zero-order valence-corrected chi connectivity index (χ0v) is 12.4. The Bertz CT molecular complexity index is 589. The van der Waals surface area contributed by atoms with Gasteiger partial charge in [-0.05, 0) is 43.7 Å². The predicted octanol–water partition coefficient (Wildman–Crippen LogP) is 2.47. The van der Waals surface area contributed by atoms with Crippen LogP contribution in [0.5, 0.6) is 0 Å². The van der Waals surface area contributed by atoms with Crippen molar-refractivity contribution in [3.05, 3.63) is 35.6 Å². The molecule has 0 bridgehead atoms. The first kappa shape index (κ1) is 15.0. The average molecular weight is 305 g/mol. The second-order valence-electron chi connectivity index (χ2n) is 6.45. The molecular formula is C17H20FNO3. The summed E-state index contributed by atoms with van der Waals surface area (Å²) in [6.07, 6.45) is 3.04. The van der Waals surface area contributed by atoms with Gasteiger partial charge in [-0.15, -0.1) is 0 Å². The normalized spacial score (nSPS) is 20.7. The van der Waals surface area contributed by atoms with Gasteiger partial charge in [0.15, 0.2) is 0 Å². The van der Waals surface area contributed by atoms with E-state index in [2.05, 4.69) is 0 Å². The Kier molecular flexibility index (Phi) is 3.89. The Hall–Kier alpha value is -1.91. The highest BCUT2D eigenvalue weighted by Crippen LogP contribution is 2.50. The number of carboxylic acids is 1. The molecule has 22 heavy (non-hydrogen) atoms.